The van der Waals surface area contributed by atoms with Gasteiger partial charge in [-0.2, -0.15) is 0 Å². The molecule has 0 aromatic carbocycles. The fourth-order valence-corrected chi connectivity index (χ4v) is 2.27. The Balaban J connectivity index is 2.12. The molecule has 2 nitrogen and oxygen atoms in total. The molecule has 0 amide bonds. The number of hydrogen-bond acceptors (Lipinski definition) is 2. The molecule has 1 aliphatic rings. The normalized spacial score (nSPS) is 16.5. The lowest BCUT2D eigenvalue weighted by molar-refractivity contribution is 0.101. The number of rotatable bonds is 2. The van der Waals surface area contributed by atoms with E-state index >= 15 is 0 Å². The molecule has 0 atom stereocenters. The smallest absolute Gasteiger partial charge is 0.222 e. The van der Waals surface area contributed by atoms with Crippen molar-refractivity contribution < 1.29 is 9.21 Å². The summed E-state index contributed by atoms with van der Waals surface area (Å²) in [6, 6.07) is 1.74. The van der Waals surface area contributed by atoms with Crippen LogP contribution in [0.4, 0.5) is 0 Å². The lowest BCUT2D eigenvalue weighted by atomic mass is 9.94. The largest absolute Gasteiger partial charge is 0.460 e. The van der Waals surface area contributed by atoms with Crippen LogP contribution in [0, 0.1) is 0 Å². The van der Waals surface area contributed by atoms with Crippen LogP contribution in [0.3, 0.4) is 0 Å². The maximum atomic E-state index is 11.8. The van der Waals surface area contributed by atoms with E-state index in [-0.39, 0.29) is 5.78 Å². The second-order valence-electron chi connectivity index (χ2n) is 3.83. The van der Waals surface area contributed by atoms with Gasteiger partial charge in [0.05, 0.1) is 10.7 Å². The van der Waals surface area contributed by atoms with E-state index in [1.807, 2.05) is 0 Å². The molecule has 1 heterocycles. The van der Waals surface area contributed by atoms with E-state index in [0.29, 0.717) is 5.76 Å². The third-order valence-electron chi connectivity index (χ3n) is 2.67. The van der Waals surface area contributed by atoms with Gasteiger partial charge >= 0.3 is 0 Å². The molecule has 0 unspecified atom stereocenters. The van der Waals surface area contributed by atoms with Crippen molar-refractivity contribution in [3.05, 3.63) is 34.2 Å². The third-order valence-corrected chi connectivity index (χ3v) is 3.30. The van der Waals surface area contributed by atoms with Crippen LogP contribution in [0.2, 0.25) is 0 Å². The Morgan fingerprint density at radius 1 is 1.33 bits per heavy atom. The molecule has 1 aromatic rings. The predicted octanol–water partition coefficient (Wildman–Crippen LogP) is 4.12. The molecule has 0 radical (unpaired) electrons. The zero-order chi connectivity index (χ0) is 10.7. The summed E-state index contributed by atoms with van der Waals surface area (Å²) in [6.45, 7) is 0. The summed E-state index contributed by atoms with van der Waals surface area (Å²) in [4.78, 5) is 11.8. The van der Waals surface area contributed by atoms with Crippen molar-refractivity contribution in [3.63, 3.8) is 0 Å². The highest BCUT2D eigenvalue weighted by atomic mass is 79.9. The molecule has 1 saturated carbocycles. The number of halogens is 1. The molecule has 80 valence electrons. The van der Waals surface area contributed by atoms with E-state index in [1.54, 1.807) is 12.1 Å². The van der Waals surface area contributed by atoms with E-state index < -0.39 is 0 Å². The van der Waals surface area contributed by atoms with Crippen molar-refractivity contribution in [1.29, 1.82) is 0 Å². The molecule has 15 heavy (non-hydrogen) atoms. The number of carbonyl (C=O) groups is 1. The fourth-order valence-electron chi connectivity index (χ4n) is 1.87. The lowest BCUT2D eigenvalue weighted by Crippen LogP contribution is -1.99. The van der Waals surface area contributed by atoms with Gasteiger partial charge in [-0.05, 0) is 53.8 Å². The Morgan fingerprint density at radius 2 is 2.07 bits per heavy atom. The van der Waals surface area contributed by atoms with E-state index in [4.69, 9.17) is 4.42 Å². The SMILES string of the molecule is O=C(C=C1CCCCC1)c1occc1Br. The molecule has 0 spiro atoms. The van der Waals surface area contributed by atoms with Gasteiger partial charge in [0.2, 0.25) is 5.78 Å². The van der Waals surface area contributed by atoms with Gasteiger partial charge < -0.3 is 4.42 Å². The Kier molecular flexibility index (Phi) is 3.41. The Hall–Kier alpha value is -0.830. The van der Waals surface area contributed by atoms with Gasteiger partial charge in [-0.3, -0.25) is 4.79 Å². The molecule has 1 fully saturated rings. The van der Waals surface area contributed by atoms with Gasteiger partial charge in [0.15, 0.2) is 5.76 Å². The summed E-state index contributed by atoms with van der Waals surface area (Å²) in [5, 5.41) is 0. The number of hydrogen-bond donors (Lipinski definition) is 0. The highest BCUT2D eigenvalue weighted by Crippen LogP contribution is 2.24. The van der Waals surface area contributed by atoms with Crippen molar-refractivity contribution in [1.82, 2.24) is 0 Å². The van der Waals surface area contributed by atoms with Crippen LogP contribution in [-0.4, -0.2) is 5.78 Å². The maximum Gasteiger partial charge on any atom is 0.222 e. The van der Waals surface area contributed by atoms with Crippen LogP contribution < -0.4 is 0 Å². The van der Waals surface area contributed by atoms with Gasteiger partial charge in [0.25, 0.3) is 0 Å². The van der Waals surface area contributed by atoms with E-state index in [9.17, 15) is 4.79 Å². The van der Waals surface area contributed by atoms with Crippen LogP contribution in [0.25, 0.3) is 0 Å². The van der Waals surface area contributed by atoms with Gasteiger partial charge in [0, 0.05) is 0 Å². The topological polar surface area (TPSA) is 30.2 Å². The summed E-state index contributed by atoms with van der Waals surface area (Å²) >= 11 is 3.29. The van der Waals surface area contributed by atoms with Crippen molar-refractivity contribution in [2.45, 2.75) is 32.1 Å². The van der Waals surface area contributed by atoms with E-state index in [2.05, 4.69) is 15.9 Å². The molecule has 0 saturated heterocycles. The van der Waals surface area contributed by atoms with Crippen LogP contribution in [0.5, 0.6) is 0 Å². The number of allylic oxidation sites excluding steroid dienone is 2. The third kappa shape index (κ3) is 2.59. The molecule has 1 aromatic heterocycles. The van der Waals surface area contributed by atoms with Gasteiger partial charge in [-0.15, -0.1) is 0 Å². The zero-order valence-corrected chi connectivity index (χ0v) is 10.0. The standard InChI is InChI=1S/C12H13BrO2/c13-10-6-7-15-12(10)11(14)8-9-4-2-1-3-5-9/h6-8H,1-5H2. The highest BCUT2D eigenvalue weighted by Gasteiger charge is 2.13. The first kappa shape index (κ1) is 10.7. The fraction of sp³-hybridized carbons (Fsp3) is 0.417. The summed E-state index contributed by atoms with van der Waals surface area (Å²) in [5.41, 5.74) is 1.26. The average molecular weight is 269 g/mol. The average Bonchev–Trinajstić information content (AvgIpc) is 2.66. The number of carbonyl (C=O) groups excluding carboxylic acids is 1. The van der Waals surface area contributed by atoms with E-state index in [0.717, 1.165) is 17.3 Å². The van der Waals surface area contributed by atoms with Gasteiger partial charge in [-0.25, -0.2) is 0 Å². The molecule has 0 bridgehead atoms. The first-order chi connectivity index (χ1) is 7.27. The van der Waals surface area contributed by atoms with Crippen LogP contribution in [0.1, 0.15) is 42.7 Å². The molecule has 1 aliphatic carbocycles. The maximum absolute atomic E-state index is 11.8. The number of furan rings is 1. The first-order valence-electron chi connectivity index (χ1n) is 5.24. The molecule has 0 aliphatic heterocycles. The van der Waals surface area contributed by atoms with Crippen LogP contribution in [-0.2, 0) is 0 Å². The summed E-state index contributed by atoms with van der Waals surface area (Å²) in [7, 11) is 0. The van der Waals surface area contributed by atoms with E-state index in [1.165, 1.54) is 31.1 Å². The molecule has 2 rings (SSSR count). The minimum atomic E-state index is -0.0243. The molecule has 0 N–H and O–H groups in total. The Morgan fingerprint density at radius 3 is 2.67 bits per heavy atom. The molecular formula is C12H13BrO2. The minimum Gasteiger partial charge on any atom is -0.460 e. The second kappa shape index (κ2) is 4.79. The Labute approximate surface area is 97.5 Å². The van der Waals surface area contributed by atoms with Crippen LogP contribution in [0.15, 0.2) is 32.9 Å². The quantitative estimate of drug-likeness (QED) is 0.597. The lowest BCUT2D eigenvalue weighted by Gasteiger charge is -2.12. The monoisotopic (exact) mass is 268 g/mol. The zero-order valence-electron chi connectivity index (χ0n) is 8.46. The van der Waals surface area contributed by atoms with Gasteiger partial charge in [0.1, 0.15) is 0 Å². The molecular weight excluding hydrogens is 256 g/mol. The van der Waals surface area contributed by atoms with Crippen molar-refractivity contribution in [2.75, 3.05) is 0 Å². The minimum absolute atomic E-state index is 0.0243. The summed E-state index contributed by atoms with van der Waals surface area (Å²) in [5.74, 6) is 0.386. The first-order valence-corrected chi connectivity index (χ1v) is 6.03. The van der Waals surface area contributed by atoms with Crippen LogP contribution >= 0.6 is 15.9 Å². The predicted molar refractivity (Wildman–Crippen MR) is 61.9 cm³/mol. The Bertz CT molecular complexity index is 382. The van der Waals surface area contributed by atoms with Crippen molar-refractivity contribution in [2.24, 2.45) is 0 Å². The number of ketones is 1. The van der Waals surface area contributed by atoms with Gasteiger partial charge in [-0.1, -0.05) is 12.0 Å². The summed E-state index contributed by atoms with van der Waals surface area (Å²) < 4.78 is 5.86. The van der Waals surface area contributed by atoms with Crippen molar-refractivity contribution in [3.8, 4) is 0 Å². The van der Waals surface area contributed by atoms with Crippen molar-refractivity contribution >= 4 is 21.7 Å². The summed E-state index contributed by atoms with van der Waals surface area (Å²) in [6.07, 6.45) is 9.08. The second-order valence-corrected chi connectivity index (χ2v) is 4.68. The highest BCUT2D eigenvalue weighted by molar-refractivity contribution is 9.10. The molecule has 3 heteroatoms.